The predicted molar refractivity (Wildman–Crippen MR) is 63.9 cm³/mol. The average Bonchev–Trinajstić information content (AvgIpc) is 2.85. The summed E-state index contributed by atoms with van der Waals surface area (Å²) >= 11 is 0. The number of nitrogens with two attached hydrogens (primary N) is 1. The Morgan fingerprint density at radius 1 is 1.31 bits per heavy atom. The Labute approximate surface area is 96.5 Å². The highest BCUT2D eigenvalue weighted by Gasteiger charge is 2.47. The molecule has 1 aliphatic carbocycles. The van der Waals surface area contributed by atoms with E-state index in [0.717, 1.165) is 24.3 Å². The van der Waals surface area contributed by atoms with E-state index in [0.29, 0.717) is 6.04 Å². The van der Waals surface area contributed by atoms with Gasteiger partial charge in [-0.1, -0.05) is 13.0 Å². The molecule has 0 radical (unpaired) electrons. The zero-order chi connectivity index (χ0) is 11.8. The Morgan fingerprint density at radius 2 is 1.94 bits per heavy atom. The monoisotopic (exact) mass is 221 g/mol. The van der Waals surface area contributed by atoms with E-state index in [1.165, 1.54) is 5.56 Å². The van der Waals surface area contributed by atoms with Gasteiger partial charge in [0.05, 0.1) is 14.2 Å². The number of rotatable bonds is 4. The van der Waals surface area contributed by atoms with Crippen LogP contribution in [-0.4, -0.2) is 20.3 Å². The van der Waals surface area contributed by atoms with Gasteiger partial charge in [-0.05, 0) is 36.0 Å². The summed E-state index contributed by atoms with van der Waals surface area (Å²) in [5, 5.41) is 0. The Hall–Kier alpha value is -1.22. The Kier molecular flexibility index (Phi) is 2.80. The first-order valence-electron chi connectivity index (χ1n) is 5.55. The quantitative estimate of drug-likeness (QED) is 0.845. The molecular formula is C13H19NO2. The van der Waals surface area contributed by atoms with E-state index in [2.05, 4.69) is 13.0 Å². The standard InChI is InChI=1S/C13H19NO2/c1-13(8-12(13)14)7-9-4-5-10(15-2)11(6-9)16-3/h4-6,12H,7-8,14H2,1-3H3. The number of benzene rings is 1. The van der Waals surface area contributed by atoms with Gasteiger partial charge >= 0.3 is 0 Å². The molecule has 1 aliphatic rings. The van der Waals surface area contributed by atoms with Crippen molar-refractivity contribution in [2.45, 2.75) is 25.8 Å². The van der Waals surface area contributed by atoms with Crippen LogP contribution >= 0.6 is 0 Å². The second-order valence-electron chi connectivity index (χ2n) is 4.83. The van der Waals surface area contributed by atoms with Gasteiger partial charge in [-0.3, -0.25) is 0 Å². The van der Waals surface area contributed by atoms with Crippen LogP contribution in [0.4, 0.5) is 0 Å². The Bertz CT molecular complexity index is 392. The number of hydrogen-bond donors (Lipinski definition) is 1. The van der Waals surface area contributed by atoms with Crippen molar-refractivity contribution in [2.75, 3.05) is 14.2 Å². The van der Waals surface area contributed by atoms with Gasteiger partial charge in [0, 0.05) is 6.04 Å². The molecule has 0 aliphatic heterocycles. The summed E-state index contributed by atoms with van der Waals surface area (Å²) < 4.78 is 10.5. The van der Waals surface area contributed by atoms with Crippen LogP contribution in [0.25, 0.3) is 0 Å². The largest absolute Gasteiger partial charge is 0.493 e. The molecule has 88 valence electrons. The van der Waals surface area contributed by atoms with Crippen LogP contribution < -0.4 is 15.2 Å². The van der Waals surface area contributed by atoms with Crippen molar-refractivity contribution in [3.05, 3.63) is 23.8 Å². The molecule has 2 unspecified atom stereocenters. The van der Waals surface area contributed by atoms with Crippen LogP contribution in [0.1, 0.15) is 18.9 Å². The fraction of sp³-hybridized carbons (Fsp3) is 0.538. The third-order valence-corrected chi connectivity index (χ3v) is 3.48. The summed E-state index contributed by atoms with van der Waals surface area (Å²) in [6.07, 6.45) is 2.12. The molecular weight excluding hydrogens is 202 g/mol. The second kappa shape index (κ2) is 3.98. The summed E-state index contributed by atoms with van der Waals surface area (Å²) in [6.45, 7) is 2.23. The fourth-order valence-electron chi connectivity index (χ4n) is 2.10. The lowest BCUT2D eigenvalue weighted by Gasteiger charge is -2.12. The van der Waals surface area contributed by atoms with Gasteiger partial charge in [-0.25, -0.2) is 0 Å². The highest BCUT2D eigenvalue weighted by molar-refractivity contribution is 5.43. The van der Waals surface area contributed by atoms with Crippen LogP contribution in [0.3, 0.4) is 0 Å². The highest BCUT2D eigenvalue weighted by Crippen LogP contribution is 2.47. The first kappa shape index (κ1) is 11.3. The maximum atomic E-state index is 5.92. The first-order valence-corrected chi connectivity index (χ1v) is 5.55. The fourth-order valence-corrected chi connectivity index (χ4v) is 2.10. The predicted octanol–water partition coefficient (Wildman–Crippen LogP) is 1.98. The van der Waals surface area contributed by atoms with Gasteiger partial charge < -0.3 is 15.2 Å². The lowest BCUT2D eigenvalue weighted by atomic mass is 9.97. The second-order valence-corrected chi connectivity index (χ2v) is 4.83. The molecule has 3 nitrogen and oxygen atoms in total. The van der Waals surface area contributed by atoms with Gasteiger partial charge in [0.25, 0.3) is 0 Å². The molecule has 16 heavy (non-hydrogen) atoms. The molecule has 1 aromatic carbocycles. The molecule has 3 heteroatoms. The minimum Gasteiger partial charge on any atom is -0.493 e. The van der Waals surface area contributed by atoms with Crippen LogP contribution in [0.15, 0.2) is 18.2 Å². The molecule has 0 spiro atoms. The third-order valence-electron chi connectivity index (χ3n) is 3.48. The summed E-state index contributed by atoms with van der Waals surface area (Å²) in [7, 11) is 3.31. The van der Waals surface area contributed by atoms with E-state index in [-0.39, 0.29) is 5.41 Å². The molecule has 1 saturated carbocycles. The third kappa shape index (κ3) is 2.00. The lowest BCUT2D eigenvalue weighted by Crippen LogP contribution is -2.13. The zero-order valence-electron chi connectivity index (χ0n) is 10.1. The van der Waals surface area contributed by atoms with E-state index < -0.39 is 0 Å². The maximum absolute atomic E-state index is 5.92. The van der Waals surface area contributed by atoms with E-state index in [1.54, 1.807) is 14.2 Å². The van der Waals surface area contributed by atoms with Crippen molar-refractivity contribution in [1.82, 2.24) is 0 Å². The average molecular weight is 221 g/mol. The molecule has 1 fully saturated rings. The smallest absolute Gasteiger partial charge is 0.160 e. The number of hydrogen-bond acceptors (Lipinski definition) is 3. The SMILES string of the molecule is COc1ccc(CC2(C)CC2N)cc1OC. The number of ether oxygens (including phenoxy) is 2. The Balaban J connectivity index is 2.17. The van der Waals surface area contributed by atoms with Crippen LogP contribution in [0, 0.1) is 5.41 Å². The van der Waals surface area contributed by atoms with Crippen molar-refractivity contribution in [1.29, 1.82) is 0 Å². The van der Waals surface area contributed by atoms with Crippen molar-refractivity contribution >= 4 is 0 Å². The number of methoxy groups -OCH3 is 2. The molecule has 0 heterocycles. The summed E-state index contributed by atoms with van der Waals surface area (Å²) in [4.78, 5) is 0. The molecule has 0 bridgehead atoms. The van der Waals surface area contributed by atoms with E-state index in [9.17, 15) is 0 Å². The van der Waals surface area contributed by atoms with Gasteiger partial charge in [0.1, 0.15) is 0 Å². The minimum atomic E-state index is 0.277. The van der Waals surface area contributed by atoms with Crippen LogP contribution in [-0.2, 0) is 6.42 Å². The van der Waals surface area contributed by atoms with Gasteiger partial charge in [0.15, 0.2) is 11.5 Å². The molecule has 0 saturated heterocycles. The van der Waals surface area contributed by atoms with E-state index in [4.69, 9.17) is 15.2 Å². The molecule has 2 atom stereocenters. The molecule has 0 amide bonds. The van der Waals surface area contributed by atoms with E-state index >= 15 is 0 Å². The zero-order valence-corrected chi connectivity index (χ0v) is 10.1. The van der Waals surface area contributed by atoms with Crippen molar-refractivity contribution in [3.63, 3.8) is 0 Å². The first-order chi connectivity index (χ1) is 7.59. The topological polar surface area (TPSA) is 44.5 Å². The van der Waals surface area contributed by atoms with Crippen molar-refractivity contribution < 1.29 is 9.47 Å². The maximum Gasteiger partial charge on any atom is 0.160 e. The summed E-state index contributed by atoms with van der Waals surface area (Å²) in [6, 6.07) is 6.42. The van der Waals surface area contributed by atoms with Crippen molar-refractivity contribution in [3.8, 4) is 11.5 Å². The molecule has 1 aromatic rings. The Morgan fingerprint density at radius 3 is 2.44 bits per heavy atom. The highest BCUT2D eigenvalue weighted by atomic mass is 16.5. The van der Waals surface area contributed by atoms with E-state index in [1.807, 2.05) is 12.1 Å². The molecule has 2 rings (SSSR count). The molecule has 0 aromatic heterocycles. The summed E-state index contributed by atoms with van der Waals surface area (Å²) in [5.74, 6) is 1.56. The normalized spacial score (nSPS) is 27.6. The summed E-state index contributed by atoms with van der Waals surface area (Å²) in [5.41, 5.74) is 7.45. The van der Waals surface area contributed by atoms with Gasteiger partial charge in [-0.15, -0.1) is 0 Å². The minimum absolute atomic E-state index is 0.277. The van der Waals surface area contributed by atoms with Gasteiger partial charge in [0.2, 0.25) is 0 Å². The van der Waals surface area contributed by atoms with Gasteiger partial charge in [-0.2, -0.15) is 0 Å². The van der Waals surface area contributed by atoms with Crippen LogP contribution in [0.2, 0.25) is 0 Å². The molecule has 2 N–H and O–H groups in total. The van der Waals surface area contributed by atoms with Crippen molar-refractivity contribution in [2.24, 2.45) is 11.1 Å². The van der Waals surface area contributed by atoms with Crippen LogP contribution in [0.5, 0.6) is 11.5 Å². The lowest BCUT2D eigenvalue weighted by molar-refractivity contribution is 0.354.